The maximum atomic E-state index is 13.0. The number of rotatable bonds is 6. The molecule has 1 fully saturated rings. The van der Waals surface area contributed by atoms with Crippen LogP contribution in [0.3, 0.4) is 0 Å². The zero-order valence-corrected chi connectivity index (χ0v) is 21.2. The number of hydrogen-bond acceptors (Lipinski definition) is 7. The number of ether oxygens (including phenoxy) is 2. The lowest BCUT2D eigenvalue weighted by Gasteiger charge is -2.35. The third-order valence-electron chi connectivity index (χ3n) is 6.26. The van der Waals surface area contributed by atoms with Crippen molar-refractivity contribution in [2.24, 2.45) is 0 Å². The Hall–Kier alpha value is -3.69. The van der Waals surface area contributed by atoms with Crippen LogP contribution in [0.25, 0.3) is 16.7 Å². The average molecular weight is 507 g/mol. The fourth-order valence-electron chi connectivity index (χ4n) is 4.45. The fraction of sp³-hybridized carbons (Fsp3) is 0.308. The molecule has 0 aliphatic carbocycles. The molecular weight excluding hydrogens is 480 g/mol. The Morgan fingerprint density at radius 2 is 1.78 bits per heavy atom. The van der Waals surface area contributed by atoms with Crippen LogP contribution in [0.2, 0.25) is 5.02 Å². The van der Waals surface area contributed by atoms with E-state index in [0.29, 0.717) is 48.2 Å². The molecule has 5 rings (SSSR count). The first kappa shape index (κ1) is 24.0. The smallest absolute Gasteiger partial charge is 0.253 e. The minimum Gasteiger partial charge on any atom is -0.497 e. The summed E-state index contributed by atoms with van der Waals surface area (Å²) in [4.78, 5) is 26.7. The van der Waals surface area contributed by atoms with Gasteiger partial charge in [0.25, 0.3) is 5.91 Å². The van der Waals surface area contributed by atoms with Gasteiger partial charge in [-0.15, -0.1) is 0 Å². The number of hydrogen-bond donors (Lipinski definition) is 0. The van der Waals surface area contributed by atoms with Crippen molar-refractivity contribution in [3.8, 4) is 11.4 Å². The maximum Gasteiger partial charge on any atom is 0.253 e. The van der Waals surface area contributed by atoms with Crippen LogP contribution in [-0.2, 0) is 11.3 Å². The van der Waals surface area contributed by atoms with Crippen molar-refractivity contribution in [2.45, 2.75) is 13.5 Å². The Morgan fingerprint density at radius 1 is 1.03 bits per heavy atom. The molecule has 1 saturated heterocycles. The normalized spacial score (nSPS) is 13.9. The summed E-state index contributed by atoms with van der Waals surface area (Å²) in [6.45, 7) is 4.67. The molecule has 3 heterocycles. The van der Waals surface area contributed by atoms with Crippen LogP contribution in [0, 0.1) is 6.92 Å². The van der Waals surface area contributed by atoms with Crippen LogP contribution in [0.15, 0.2) is 48.5 Å². The average Bonchev–Trinajstić information content (AvgIpc) is 3.24. The third-order valence-corrected chi connectivity index (χ3v) is 6.49. The first-order valence-electron chi connectivity index (χ1n) is 11.7. The lowest BCUT2D eigenvalue weighted by molar-refractivity contribution is 0.0746. The quantitative estimate of drug-likeness (QED) is 0.392. The van der Waals surface area contributed by atoms with Gasteiger partial charge >= 0.3 is 0 Å². The number of aromatic nitrogens is 4. The van der Waals surface area contributed by atoms with Gasteiger partial charge in [-0.05, 0) is 49.4 Å². The molecule has 1 aliphatic rings. The highest BCUT2D eigenvalue weighted by Crippen LogP contribution is 2.30. The van der Waals surface area contributed by atoms with Crippen molar-refractivity contribution in [1.82, 2.24) is 24.6 Å². The first-order chi connectivity index (χ1) is 17.5. The minimum absolute atomic E-state index is 0.00941. The van der Waals surface area contributed by atoms with Crippen LogP contribution >= 0.6 is 11.6 Å². The Labute approximate surface area is 214 Å². The number of carbonyl (C=O) groups is 1. The minimum atomic E-state index is 0.00941. The molecule has 0 saturated carbocycles. The summed E-state index contributed by atoms with van der Waals surface area (Å²) < 4.78 is 12.3. The van der Waals surface area contributed by atoms with Crippen LogP contribution in [0.1, 0.15) is 21.9 Å². The van der Waals surface area contributed by atoms with Gasteiger partial charge in [0, 0.05) is 43.9 Å². The molecule has 186 valence electrons. The highest BCUT2D eigenvalue weighted by molar-refractivity contribution is 6.30. The number of fused-ring (bicyclic) bond motifs is 1. The summed E-state index contributed by atoms with van der Waals surface area (Å²) in [5.74, 6) is 2.11. The lowest BCUT2D eigenvalue weighted by Crippen LogP contribution is -2.49. The van der Waals surface area contributed by atoms with Crippen molar-refractivity contribution in [3.63, 3.8) is 0 Å². The topological polar surface area (TPSA) is 85.6 Å². The Morgan fingerprint density at radius 3 is 2.44 bits per heavy atom. The number of piperazine rings is 1. The molecular formula is C26H27ClN6O3. The molecule has 1 amide bonds. The molecule has 2 aromatic heterocycles. The molecule has 9 nitrogen and oxygen atoms in total. The summed E-state index contributed by atoms with van der Waals surface area (Å²) in [5, 5.41) is 6.27. The van der Waals surface area contributed by atoms with Gasteiger partial charge in [-0.2, -0.15) is 5.10 Å². The summed E-state index contributed by atoms with van der Waals surface area (Å²) in [7, 11) is 3.23. The molecule has 0 spiro atoms. The van der Waals surface area contributed by atoms with E-state index >= 15 is 0 Å². The maximum absolute atomic E-state index is 13.0. The van der Waals surface area contributed by atoms with E-state index in [0.717, 1.165) is 28.3 Å². The van der Waals surface area contributed by atoms with Crippen LogP contribution in [0.5, 0.6) is 5.75 Å². The first-order valence-corrected chi connectivity index (χ1v) is 12.1. The van der Waals surface area contributed by atoms with Gasteiger partial charge in [-0.3, -0.25) is 4.79 Å². The van der Waals surface area contributed by atoms with Crippen molar-refractivity contribution in [2.75, 3.05) is 45.3 Å². The van der Waals surface area contributed by atoms with Crippen LogP contribution in [0.4, 0.5) is 5.82 Å². The van der Waals surface area contributed by atoms with E-state index in [-0.39, 0.29) is 12.5 Å². The molecule has 10 heteroatoms. The second kappa shape index (κ2) is 10.1. The van der Waals surface area contributed by atoms with Crippen molar-refractivity contribution in [1.29, 1.82) is 0 Å². The van der Waals surface area contributed by atoms with E-state index in [1.807, 2.05) is 36.1 Å². The van der Waals surface area contributed by atoms with E-state index in [9.17, 15) is 4.79 Å². The van der Waals surface area contributed by atoms with Crippen molar-refractivity contribution < 1.29 is 14.3 Å². The molecule has 0 unspecified atom stereocenters. The molecule has 0 N–H and O–H groups in total. The number of methoxy groups -OCH3 is 2. The second-order valence-corrected chi connectivity index (χ2v) is 9.02. The van der Waals surface area contributed by atoms with E-state index in [1.165, 1.54) is 0 Å². The van der Waals surface area contributed by atoms with Gasteiger partial charge < -0.3 is 19.3 Å². The summed E-state index contributed by atoms with van der Waals surface area (Å²) in [6, 6.07) is 14.7. The second-order valence-electron chi connectivity index (χ2n) is 8.58. The zero-order chi connectivity index (χ0) is 25.2. The van der Waals surface area contributed by atoms with Gasteiger partial charge in [0.1, 0.15) is 18.2 Å². The number of halogens is 1. The number of aryl methyl sites for hydroxylation is 1. The molecule has 0 atom stereocenters. The van der Waals surface area contributed by atoms with Gasteiger partial charge in [-0.25, -0.2) is 14.6 Å². The van der Waals surface area contributed by atoms with Crippen LogP contribution < -0.4 is 9.64 Å². The molecule has 1 aliphatic heterocycles. The van der Waals surface area contributed by atoms with Gasteiger partial charge in [0.2, 0.25) is 0 Å². The van der Waals surface area contributed by atoms with Gasteiger partial charge in [-0.1, -0.05) is 17.7 Å². The number of anilines is 1. The highest BCUT2D eigenvalue weighted by atomic mass is 35.5. The number of carbonyl (C=O) groups excluding carboxylic acids is 1. The zero-order valence-electron chi connectivity index (χ0n) is 20.4. The summed E-state index contributed by atoms with van der Waals surface area (Å²) in [6.07, 6.45) is 0. The van der Waals surface area contributed by atoms with E-state index in [4.69, 9.17) is 36.1 Å². The third kappa shape index (κ3) is 4.59. The summed E-state index contributed by atoms with van der Waals surface area (Å²) in [5.41, 5.74) is 2.99. The molecule has 0 radical (unpaired) electrons. The molecule has 0 bridgehead atoms. The lowest BCUT2D eigenvalue weighted by atomic mass is 10.1. The van der Waals surface area contributed by atoms with E-state index in [2.05, 4.69) is 4.90 Å². The van der Waals surface area contributed by atoms with E-state index in [1.54, 1.807) is 43.2 Å². The largest absolute Gasteiger partial charge is 0.497 e. The van der Waals surface area contributed by atoms with Gasteiger partial charge in [0.05, 0.1) is 23.9 Å². The predicted molar refractivity (Wildman–Crippen MR) is 138 cm³/mol. The fourth-order valence-corrected chi connectivity index (χ4v) is 4.64. The number of nitrogens with zero attached hydrogens (tertiary/aromatic N) is 6. The highest BCUT2D eigenvalue weighted by Gasteiger charge is 2.27. The molecule has 2 aromatic carbocycles. The Bertz CT molecular complexity index is 1400. The standard InChI is InChI=1S/C26H27ClN6O3/c1-17-23-24(31-11-13-32(14-12-31)26(34)18-7-9-21(36-3)10-8-18)28-22(16-35-2)29-25(23)33(30-17)20-6-4-5-19(27)15-20/h4-10,15H,11-14,16H2,1-3H3. The van der Waals surface area contributed by atoms with E-state index < -0.39 is 0 Å². The molecule has 4 aromatic rings. The van der Waals surface area contributed by atoms with Crippen molar-refractivity contribution >= 4 is 34.4 Å². The Balaban J connectivity index is 1.45. The predicted octanol–water partition coefficient (Wildman–Crippen LogP) is 3.89. The van der Waals surface area contributed by atoms with Crippen molar-refractivity contribution in [3.05, 3.63) is 70.6 Å². The van der Waals surface area contributed by atoms with Crippen LogP contribution in [-0.4, -0.2) is 71.0 Å². The monoisotopic (exact) mass is 506 g/mol. The SMILES string of the molecule is COCc1nc(N2CCN(C(=O)c3ccc(OC)cc3)CC2)c2c(C)nn(-c3cccc(Cl)c3)c2n1. The Kier molecular flexibility index (Phi) is 6.75. The number of benzene rings is 2. The molecule has 36 heavy (non-hydrogen) atoms. The summed E-state index contributed by atoms with van der Waals surface area (Å²) >= 11 is 6.24. The van der Waals surface area contributed by atoms with Gasteiger partial charge in [0.15, 0.2) is 11.5 Å². The number of amides is 1.